The van der Waals surface area contributed by atoms with Crippen LogP contribution in [0.15, 0.2) is 48.5 Å². The zero-order valence-corrected chi connectivity index (χ0v) is 16.6. The van der Waals surface area contributed by atoms with Gasteiger partial charge in [-0.15, -0.1) is 0 Å². The van der Waals surface area contributed by atoms with Crippen molar-refractivity contribution in [1.82, 2.24) is 5.32 Å². The van der Waals surface area contributed by atoms with Crippen LogP contribution in [-0.2, 0) is 16.0 Å². The quantitative estimate of drug-likeness (QED) is 0.772. The average Bonchev–Trinajstić information content (AvgIpc) is 3.00. The molecule has 1 atom stereocenters. The molecule has 1 saturated heterocycles. The summed E-state index contributed by atoms with van der Waals surface area (Å²) in [4.78, 5) is 37.7. The monoisotopic (exact) mass is 378 g/mol. The number of rotatable bonds is 6. The summed E-state index contributed by atoms with van der Waals surface area (Å²) in [7, 11) is 0. The number of nitrogens with one attached hydrogen (secondary N) is 1. The molecule has 146 valence electrons. The zero-order valence-electron chi connectivity index (χ0n) is 16.6. The van der Waals surface area contributed by atoms with E-state index in [1.165, 1.54) is 5.56 Å². The maximum Gasteiger partial charge on any atom is 0.251 e. The molecule has 3 amide bonds. The molecule has 0 aliphatic carbocycles. The van der Waals surface area contributed by atoms with Crippen molar-refractivity contribution in [2.75, 3.05) is 4.90 Å². The summed E-state index contributed by atoms with van der Waals surface area (Å²) in [5, 5.41) is 2.99. The van der Waals surface area contributed by atoms with E-state index >= 15 is 0 Å². The molecule has 1 N–H and O–H groups in total. The third-order valence-electron chi connectivity index (χ3n) is 4.89. The molecule has 2 aromatic carbocycles. The van der Waals surface area contributed by atoms with Crippen molar-refractivity contribution in [3.8, 4) is 0 Å². The fourth-order valence-electron chi connectivity index (χ4n) is 3.43. The lowest BCUT2D eigenvalue weighted by Gasteiger charge is -2.17. The third kappa shape index (κ3) is 4.47. The summed E-state index contributed by atoms with van der Waals surface area (Å²) in [6, 6.07) is 14.8. The third-order valence-corrected chi connectivity index (χ3v) is 4.89. The lowest BCUT2D eigenvalue weighted by Crippen LogP contribution is -2.30. The Hall–Kier alpha value is -2.95. The van der Waals surface area contributed by atoms with Gasteiger partial charge < -0.3 is 5.32 Å². The predicted molar refractivity (Wildman–Crippen MR) is 109 cm³/mol. The SMILES string of the molecule is CC(C)Cc1ccc(C(C)NC(=O)c2cccc(N3C(=O)CCC3=O)c2)cc1. The van der Waals surface area contributed by atoms with E-state index < -0.39 is 0 Å². The molecule has 0 bridgehead atoms. The first-order chi connectivity index (χ1) is 13.3. The molecule has 1 aliphatic heterocycles. The van der Waals surface area contributed by atoms with Crippen molar-refractivity contribution in [3.05, 3.63) is 65.2 Å². The molecule has 1 aliphatic rings. The maximum absolute atomic E-state index is 12.7. The highest BCUT2D eigenvalue weighted by Gasteiger charge is 2.30. The van der Waals surface area contributed by atoms with Gasteiger partial charge in [-0.25, -0.2) is 0 Å². The Morgan fingerprint density at radius 3 is 2.25 bits per heavy atom. The van der Waals surface area contributed by atoms with Gasteiger partial charge >= 0.3 is 0 Å². The van der Waals surface area contributed by atoms with Gasteiger partial charge in [0, 0.05) is 18.4 Å². The van der Waals surface area contributed by atoms with Crippen LogP contribution in [0, 0.1) is 5.92 Å². The van der Waals surface area contributed by atoms with Gasteiger partial charge in [-0.05, 0) is 48.6 Å². The van der Waals surface area contributed by atoms with Crippen LogP contribution in [0.3, 0.4) is 0 Å². The van der Waals surface area contributed by atoms with Crippen LogP contribution in [0.25, 0.3) is 0 Å². The lowest BCUT2D eigenvalue weighted by molar-refractivity contribution is -0.121. The molecule has 1 heterocycles. The molecular formula is C23H26N2O3. The Kier molecular flexibility index (Phi) is 5.93. The fourth-order valence-corrected chi connectivity index (χ4v) is 3.43. The van der Waals surface area contributed by atoms with Crippen LogP contribution in [0.4, 0.5) is 5.69 Å². The largest absolute Gasteiger partial charge is 0.346 e. The minimum atomic E-state index is -0.236. The minimum absolute atomic E-state index is 0.153. The number of anilines is 1. The molecule has 0 saturated carbocycles. The summed E-state index contributed by atoms with van der Waals surface area (Å²) in [5.74, 6) is -0.0841. The first-order valence-electron chi connectivity index (χ1n) is 9.70. The number of hydrogen-bond acceptors (Lipinski definition) is 3. The molecule has 2 aromatic rings. The molecule has 0 radical (unpaired) electrons. The zero-order chi connectivity index (χ0) is 20.3. The van der Waals surface area contributed by atoms with Gasteiger partial charge in [-0.1, -0.05) is 44.2 Å². The lowest BCUT2D eigenvalue weighted by atomic mass is 10.00. The Labute approximate surface area is 165 Å². The Morgan fingerprint density at radius 2 is 1.64 bits per heavy atom. The maximum atomic E-state index is 12.7. The number of carbonyl (C=O) groups excluding carboxylic acids is 3. The molecule has 5 nitrogen and oxygen atoms in total. The molecule has 0 aromatic heterocycles. The Bertz CT molecular complexity index is 871. The minimum Gasteiger partial charge on any atom is -0.346 e. The van der Waals surface area contributed by atoms with Gasteiger partial charge in [0.2, 0.25) is 11.8 Å². The highest BCUT2D eigenvalue weighted by Crippen LogP contribution is 2.24. The summed E-state index contributed by atoms with van der Waals surface area (Å²) in [6.07, 6.45) is 1.47. The number of nitrogens with zero attached hydrogens (tertiary/aromatic N) is 1. The highest BCUT2D eigenvalue weighted by molar-refractivity contribution is 6.20. The summed E-state index contributed by atoms with van der Waals surface area (Å²) >= 11 is 0. The summed E-state index contributed by atoms with van der Waals surface area (Å²) < 4.78 is 0. The van der Waals surface area contributed by atoms with Crippen LogP contribution >= 0.6 is 0 Å². The first-order valence-corrected chi connectivity index (χ1v) is 9.70. The second kappa shape index (κ2) is 8.38. The molecule has 3 rings (SSSR count). The Morgan fingerprint density at radius 1 is 1.00 bits per heavy atom. The standard InChI is InChI=1S/C23H26N2O3/c1-15(2)13-17-7-9-18(10-8-17)16(3)24-23(28)19-5-4-6-20(14-19)25-21(26)11-12-22(25)27/h4-10,14-16H,11-13H2,1-3H3,(H,24,28). The van der Waals surface area contributed by atoms with Gasteiger partial charge in [-0.3, -0.25) is 19.3 Å². The van der Waals surface area contributed by atoms with Crippen molar-refractivity contribution < 1.29 is 14.4 Å². The Balaban J connectivity index is 1.70. The second-order valence-corrected chi connectivity index (χ2v) is 7.71. The van der Waals surface area contributed by atoms with E-state index in [0.29, 0.717) is 17.2 Å². The van der Waals surface area contributed by atoms with E-state index in [2.05, 4.69) is 31.3 Å². The summed E-state index contributed by atoms with van der Waals surface area (Å²) in [5.41, 5.74) is 3.19. The molecule has 1 fully saturated rings. The second-order valence-electron chi connectivity index (χ2n) is 7.71. The van der Waals surface area contributed by atoms with E-state index in [1.807, 2.05) is 19.1 Å². The molecule has 5 heteroatoms. The van der Waals surface area contributed by atoms with Crippen molar-refractivity contribution in [3.63, 3.8) is 0 Å². The topological polar surface area (TPSA) is 66.5 Å². The van der Waals surface area contributed by atoms with Gasteiger partial charge in [-0.2, -0.15) is 0 Å². The molecule has 28 heavy (non-hydrogen) atoms. The number of imide groups is 1. The summed E-state index contributed by atoms with van der Waals surface area (Å²) in [6.45, 7) is 6.31. The van der Waals surface area contributed by atoms with E-state index in [4.69, 9.17) is 0 Å². The fraction of sp³-hybridized carbons (Fsp3) is 0.348. The van der Waals surface area contributed by atoms with Crippen LogP contribution in [0.5, 0.6) is 0 Å². The molecular weight excluding hydrogens is 352 g/mol. The van der Waals surface area contributed by atoms with E-state index in [9.17, 15) is 14.4 Å². The first kappa shape index (κ1) is 19.8. The van der Waals surface area contributed by atoms with E-state index in [-0.39, 0.29) is 36.6 Å². The van der Waals surface area contributed by atoms with Gasteiger partial charge in [0.15, 0.2) is 0 Å². The van der Waals surface area contributed by atoms with Crippen LogP contribution < -0.4 is 10.2 Å². The number of hydrogen-bond donors (Lipinski definition) is 1. The molecule has 1 unspecified atom stereocenters. The van der Waals surface area contributed by atoms with Crippen molar-refractivity contribution in [2.24, 2.45) is 5.92 Å². The number of benzene rings is 2. The van der Waals surface area contributed by atoms with Gasteiger partial charge in [0.05, 0.1) is 11.7 Å². The molecule has 0 spiro atoms. The van der Waals surface area contributed by atoms with Crippen LogP contribution in [0.2, 0.25) is 0 Å². The average molecular weight is 378 g/mol. The predicted octanol–water partition coefficient (Wildman–Crippen LogP) is 4.03. The normalized spacial score (nSPS) is 15.2. The van der Waals surface area contributed by atoms with Crippen LogP contribution in [-0.4, -0.2) is 17.7 Å². The van der Waals surface area contributed by atoms with Crippen molar-refractivity contribution in [2.45, 2.75) is 46.1 Å². The smallest absolute Gasteiger partial charge is 0.251 e. The van der Waals surface area contributed by atoms with Gasteiger partial charge in [0.1, 0.15) is 0 Å². The van der Waals surface area contributed by atoms with Crippen molar-refractivity contribution >= 4 is 23.4 Å². The van der Waals surface area contributed by atoms with Crippen LogP contribution in [0.1, 0.15) is 61.1 Å². The number of amides is 3. The van der Waals surface area contributed by atoms with Crippen molar-refractivity contribution in [1.29, 1.82) is 0 Å². The van der Waals surface area contributed by atoms with Gasteiger partial charge in [0.25, 0.3) is 5.91 Å². The van der Waals surface area contributed by atoms with E-state index in [0.717, 1.165) is 16.9 Å². The highest BCUT2D eigenvalue weighted by atomic mass is 16.2. The van der Waals surface area contributed by atoms with E-state index in [1.54, 1.807) is 24.3 Å². The number of carbonyl (C=O) groups is 3.